The van der Waals surface area contributed by atoms with Crippen LogP contribution in [0.25, 0.3) is 0 Å². The number of rotatable bonds is 5. The Labute approximate surface area is 120 Å². The van der Waals surface area contributed by atoms with Gasteiger partial charge in [0.05, 0.1) is 0 Å². The first-order chi connectivity index (χ1) is 9.28. The fourth-order valence-electron chi connectivity index (χ4n) is 2.11. The third-order valence-corrected chi connectivity index (χ3v) is 3.41. The van der Waals surface area contributed by atoms with Gasteiger partial charge in [-0.1, -0.05) is 25.1 Å². The molecule has 0 aliphatic heterocycles. The number of benzene rings is 1. The van der Waals surface area contributed by atoms with E-state index in [0.29, 0.717) is 5.88 Å². The van der Waals surface area contributed by atoms with Crippen molar-refractivity contribution in [2.24, 2.45) is 0 Å². The van der Waals surface area contributed by atoms with Gasteiger partial charge in [0, 0.05) is 23.8 Å². The summed E-state index contributed by atoms with van der Waals surface area (Å²) in [7, 11) is 0. The Hall–Kier alpha value is -1.54. The third-order valence-electron chi connectivity index (χ3n) is 3.10. The standard InChI is InChI=1S/C16H19ClN2/c1-3-14-10-13(12-17)11-16(18-14)19(4-2)15-8-6-5-7-9-15/h5-11H,3-4,12H2,1-2H3. The van der Waals surface area contributed by atoms with Crippen LogP contribution in [0.1, 0.15) is 25.1 Å². The Morgan fingerprint density at radius 2 is 1.84 bits per heavy atom. The lowest BCUT2D eigenvalue weighted by atomic mass is 10.2. The number of nitrogens with zero attached hydrogens (tertiary/aromatic N) is 2. The smallest absolute Gasteiger partial charge is 0.133 e. The molecule has 19 heavy (non-hydrogen) atoms. The van der Waals surface area contributed by atoms with Crippen LogP contribution < -0.4 is 4.90 Å². The molecule has 0 spiro atoms. The first-order valence-corrected chi connectivity index (χ1v) is 7.20. The van der Waals surface area contributed by atoms with Crippen LogP contribution in [0.2, 0.25) is 0 Å². The van der Waals surface area contributed by atoms with Gasteiger partial charge in [0.1, 0.15) is 5.82 Å². The number of aromatic nitrogens is 1. The molecule has 2 aromatic rings. The SMILES string of the molecule is CCc1cc(CCl)cc(N(CC)c2ccccc2)n1. The zero-order valence-electron chi connectivity index (χ0n) is 11.4. The number of pyridine rings is 1. The molecule has 100 valence electrons. The van der Waals surface area contributed by atoms with Gasteiger partial charge in [-0.3, -0.25) is 0 Å². The highest BCUT2D eigenvalue weighted by molar-refractivity contribution is 6.17. The van der Waals surface area contributed by atoms with Gasteiger partial charge in [0.25, 0.3) is 0 Å². The quantitative estimate of drug-likeness (QED) is 0.744. The molecular weight excluding hydrogens is 256 g/mol. The molecule has 1 aromatic heterocycles. The summed E-state index contributed by atoms with van der Waals surface area (Å²) < 4.78 is 0. The molecule has 0 fully saturated rings. The predicted octanol–water partition coefficient (Wildman–Crippen LogP) is 4.54. The zero-order valence-corrected chi connectivity index (χ0v) is 12.2. The number of aryl methyl sites for hydroxylation is 1. The fraction of sp³-hybridized carbons (Fsp3) is 0.312. The topological polar surface area (TPSA) is 16.1 Å². The van der Waals surface area contributed by atoms with Crippen molar-refractivity contribution in [2.45, 2.75) is 26.1 Å². The molecule has 0 N–H and O–H groups in total. The molecule has 0 unspecified atom stereocenters. The fourth-order valence-corrected chi connectivity index (χ4v) is 2.27. The number of anilines is 2. The van der Waals surface area contributed by atoms with Crippen molar-refractivity contribution >= 4 is 23.1 Å². The summed E-state index contributed by atoms with van der Waals surface area (Å²) in [5, 5.41) is 0. The number of hydrogen-bond acceptors (Lipinski definition) is 2. The van der Waals surface area contributed by atoms with Gasteiger partial charge in [-0.2, -0.15) is 0 Å². The van der Waals surface area contributed by atoms with E-state index in [9.17, 15) is 0 Å². The lowest BCUT2D eigenvalue weighted by Gasteiger charge is -2.23. The second-order valence-electron chi connectivity index (χ2n) is 4.39. The van der Waals surface area contributed by atoms with Crippen molar-refractivity contribution in [3.63, 3.8) is 0 Å². The summed E-state index contributed by atoms with van der Waals surface area (Å²) in [6.45, 7) is 5.13. The lowest BCUT2D eigenvalue weighted by Crippen LogP contribution is -2.18. The van der Waals surface area contributed by atoms with Crippen molar-refractivity contribution in [3.8, 4) is 0 Å². The third kappa shape index (κ3) is 3.27. The van der Waals surface area contributed by atoms with Crippen LogP contribution in [-0.2, 0) is 12.3 Å². The van der Waals surface area contributed by atoms with Gasteiger partial charge in [-0.25, -0.2) is 4.98 Å². The van der Waals surface area contributed by atoms with E-state index in [1.807, 2.05) is 18.2 Å². The van der Waals surface area contributed by atoms with E-state index in [1.54, 1.807) is 0 Å². The Bertz CT molecular complexity index is 503. The summed E-state index contributed by atoms with van der Waals surface area (Å²) in [6.07, 6.45) is 0.921. The predicted molar refractivity (Wildman–Crippen MR) is 82.3 cm³/mol. The van der Waals surface area contributed by atoms with Gasteiger partial charge in [0.15, 0.2) is 0 Å². The molecule has 0 amide bonds. The van der Waals surface area contributed by atoms with Crippen LogP contribution in [0, 0.1) is 0 Å². The van der Waals surface area contributed by atoms with Crippen LogP contribution in [0.15, 0.2) is 42.5 Å². The molecule has 0 aliphatic carbocycles. The van der Waals surface area contributed by atoms with Gasteiger partial charge in [0.2, 0.25) is 0 Å². The maximum atomic E-state index is 5.98. The largest absolute Gasteiger partial charge is 0.327 e. The van der Waals surface area contributed by atoms with Crippen molar-refractivity contribution in [1.82, 2.24) is 4.98 Å². The summed E-state index contributed by atoms with van der Waals surface area (Å²) in [5.41, 5.74) is 3.37. The molecule has 0 saturated carbocycles. The van der Waals surface area contributed by atoms with E-state index in [2.05, 4.69) is 43.0 Å². The van der Waals surface area contributed by atoms with E-state index >= 15 is 0 Å². The maximum Gasteiger partial charge on any atom is 0.133 e. The van der Waals surface area contributed by atoms with Crippen molar-refractivity contribution in [1.29, 1.82) is 0 Å². The van der Waals surface area contributed by atoms with Crippen LogP contribution in [0.3, 0.4) is 0 Å². The summed E-state index contributed by atoms with van der Waals surface area (Å²) in [6, 6.07) is 14.5. The Morgan fingerprint density at radius 1 is 1.11 bits per heavy atom. The molecule has 2 nitrogen and oxygen atoms in total. The normalized spacial score (nSPS) is 10.5. The zero-order chi connectivity index (χ0) is 13.7. The van der Waals surface area contributed by atoms with Crippen LogP contribution in [0.5, 0.6) is 0 Å². The van der Waals surface area contributed by atoms with Crippen LogP contribution >= 0.6 is 11.6 Å². The second-order valence-corrected chi connectivity index (χ2v) is 4.66. The van der Waals surface area contributed by atoms with E-state index < -0.39 is 0 Å². The molecule has 1 heterocycles. The summed E-state index contributed by atoms with van der Waals surface area (Å²) in [5.74, 6) is 1.50. The van der Waals surface area contributed by atoms with Gasteiger partial charge < -0.3 is 4.90 Å². The van der Waals surface area contributed by atoms with E-state index in [4.69, 9.17) is 16.6 Å². The molecule has 0 bridgehead atoms. The van der Waals surface area contributed by atoms with E-state index in [-0.39, 0.29) is 0 Å². The van der Waals surface area contributed by atoms with Gasteiger partial charge in [-0.15, -0.1) is 11.6 Å². The minimum absolute atomic E-state index is 0.523. The van der Waals surface area contributed by atoms with E-state index in [0.717, 1.165) is 35.7 Å². The summed E-state index contributed by atoms with van der Waals surface area (Å²) >= 11 is 5.98. The number of halogens is 1. The molecule has 1 aromatic carbocycles. The highest BCUT2D eigenvalue weighted by Crippen LogP contribution is 2.25. The number of para-hydroxylation sites is 1. The van der Waals surface area contributed by atoms with Crippen molar-refractivity contribution in [2.75, 3.05) is 11.4 Å². The lowest BCUT2D eigenvalue weighted by molar-refractivity contribution is 0.948. The highest BCUT2D eigenvalue weighted by atomic mass is 35.5. The molecule has 0 saturated heterocycles. The first-order valence-electron chi connectivity index (χ1n) is 6.66. The second kappa shape index (κ2) is 6.58. The average molecular weight is 275 g/mol. The first kappa shape index (κ1) is 13.9. The molecular formula is C16H19ClN2. The molecule has 0 aliphatic rings. The Kier molecular flexibility index (Phi) is 4.80. The summed E-state index contributed by atoms with van der Waals surface area (Å²) in [4.78, 5) is 6.92. The average Bonchev–Trinajstić information content (AvgIpc) is 2.48. The van der Waals surface area contributed by atoms with Crippen LogP contribution in [0.4, 0.5) is 11.5 Å². The van der Waals surface area contributed by atoms with Crippen molar-refractivity contribution in [3.05, 3.63) is 53.7 Å². The minimum Gasteiger partial charge on any atom is -0.327 e. The van der Waals surface area contributed by atoms with Gasteiger partial charge in [-0.05, 0) is 43.2 Å². The van der Waals surface area contributed by atoms with Crippen molar-refractivity contribution < 1.29 is 0 Å². The molecule has 2 rings (SSSR count). The number of hydrogen-bond donors (Lipinski definition) is 0. The molecule has 3 heteroatoms. The monoisotopic (exact) mass is 274 g/mol. The van der Waals surface area contributed by atoms with E-state index in [1.165, 1.54) is 0 Å². The van der Waals surface area contributed by atoms with Gasteiger partial charge >= 0.3 is 0 Å². The highest BCUT2D eigenvalue weighted by Gasteiger charge is 2.10. The Balaban J connectivity index is 2.43. The molecule has 0 atom stereocenters. The van der Waals surface area contributed by atoms with Crippen LogP contribution in [-0.4, -0.2) is 11.5 Å². The molecule has 0 radical (unpaired) electrons. The number of alkyl halides is 1. The minimum atomic E-state index is 0.523. The maximum absolute atomic E-state index is 5.98. The Morgan fingerprint density at radius 3 is 2.42 bits per heavy atom.